The molecule has 126 valence electrons. The van der Waals surface area contributed by atoms with Gasteiger partial charge in [-0.3, -0.25) is 0 Å². The predicted octanol–water partition coefficient (Wildman–Crippen LogP) is 5.49. The van der Waals surface area contributed by atoms with Gasteiger partial charge in [-0.2, -0.15) is 0 Å². The molecule has 0 fully saturated rings. The van der Waals surface area contributed by atoms with Crippen LogP contribution in [-0.2, 0) is 12.3 Å². The molecule has 9 heteroatoms. The molecule has 0 bridgehead atoms. The molecule has 0 N–H and O–H groups in total. The fraction of sp³-hybridized carbons (Fsp3) is 1.00. The molecular formula is C12H30Cl2O3Si4. The molecule has 0 aromatic rings. The van der Waals surface area contributed by atoms with Crippen LogP contribution in [0.25, 0.3) is 0 Å². The van der Waals surface area contributed by atoms with Gasteiger partial charge in [0.15, 0.2) is 0 Å². The molecule has 0 saturated heterocycles. The summed E-state index contributed by atoms with van der Waals surface area (Å²) in [6.07, 6.45) is 0. The molecule has 0 aromatic carbocycles. The Morgan fingerprint density at radius 1 is 0.667 bits per heavy atom. The SMILES string of the molecule is CC[Si](Cl)O[Si](CC)(CC)O[Si](CC)(CC)O[Si](Cl)CC. The predicted molar refractivity (Wildman–Crippen MR) is 101 cm³/mol. The van der Waals surface area contributed by atoms with Crippen molar-refractivity contribution >= 4 is 56.0 Å². The fourth-order valence-electron chi connectivity index (χ4n) is 2.01. The zero-order valence-electron chi connectivity index (χ0n) is 14.2. The Balaban J connectivity index is 5.21. The lowest BCUT2D eigenvalue weighted by atomic mass is 10.9. The summed E-state index contributed by atoms with van der Waals surface area (Å²) in [4.78, 5) is 0. The van der Waals surface area contributed by atoms with Gasteiger partial charge in [0.05, 0.1) is 0 Å². The third kappa shape index (κ3) is 7.17. The fourth-order valence-corrected chi connectivity index (χ4v) is 18.3. The summed E-state index contributed by atoms with van der Waals surface area (Å²) >= 11 is 12.7. The van der Waals surface area contributed by atoms with E-state index in [2.05, 4.69) is 41.5 Å². The van der Waals surface area contributed by atoms with E-state index in [0.29, 0.717) is 0 Å². The first-order chi connectivity index (χ1) is 9.86. The zero-order valence-corrected chi connectivity index (χ0v) is 19.7. The maximum Gasteiger partial charge on any atom is 0.319 e. The maximum atomic E-state index is 6.68. The first kappa shape index (κ1) is 22.3. The van der Waals surface area contributed by atoms with Crippen molar-refractivity contribution in [3.63, 3.8) is 0 Å². The highest BCUT2D eigenvalue weighted by Gasteiger charge is 2.47. The molecule has 0 rings (SSSR count). The average Bonchev–Trinajstić information content (AvgIpc) is 2.52. The van der Waals surface area contributed by atoms with Crippen molar-refractivity contribution in [1.29, 1.82) is 0 Å². The van der Waals surface area contributed by atoms with Crippen molar-refractivity contribution in [1.82, 2.24) is 0 Å². The Hall–Kier alpha value is 1.33. The van der Waals surface area contributed by atoms with Gasteiger partial charge in [-0.15, -0.1) is 22.2 Å². The van der Waals surface area contributed by atoms with Crippen LogP contribution in [0.15, 0.2) is 0 Å². The van der Waals surface area contributed by atoms with Crippen molar-refractivity contribution in [2.24, 2.45) is 0 Å². The van der Waals surface area contributed by atoms with E-state index in [4.69, 9.17) is 34.5 Å². The second kappa shape index (κ2) is 11.0. The van der Waals surface area contributed by atoms with Crippen molar-refractivity contribution in [3.05, 3.63) is 0 Å². The van der Waals surface area contributed by atoms with E-state index in [0.717, 1.165) is 36.3 Å². The van der Waals surface area contributed by atoms with Crippen LogP contribution in [0.2, 0.25) is 36.3 Å². The number of hydrogen-bond donors (Lipinski definition) is 0. The molecular weight excluding hydrogens is 375 g/mol. The minimum Gasteiger partial charge on any atom is -0.424 e. The van der Waals surface area contributed by atoms with Gasteiger partial charge in [0.2, 0.25) is 0 Å². The molecule has 0 aliphatic carbocycles. The largest absolute Gasteiger partial charge is 0.424 e. The van der Waals surface area contributed by atoms with Crippen LogP contribution in [0.3, 0.4) is 0 Å². The first-order valence-electron chi connectivity index (χ1n) is 7.97. The lowest BCUT2D eigenvalue weighted by Gasteiger charge is -2.41. The van der Waals surface area contributed by atoms with E-state index >= 15 is 0 Å². The standard InChI is InChI=1S/C12H30Cl2O3Si4/c1-7-18(13)15-20(9-3,10-4)17-21(11-5,12-6)16-19(14)8-2/h7-12H2,1-6H3. The van der Waals surface area contributed by atoms with Crippen molar-refractivity contribution in [3.8, 4) is 0 Å². The lowest BCUT2D eigenvalue weighted by Crippen LogP contribution is -2.56. The molecule has 0 spiro atoms. The van der Waals surface area contributed by atoms with Gasteiger partial charge in [-0.25, -0.2) is 0 Å². The van der Waals surface area contributed by atoms with Crippen LogP contribution in [0.5, 0.6) is 0 Å². The summed E-state index contributed by atoms with van der Waals surface area (Å²) in [7, 11) is -7.11. The van der Waals surface area contributed by atoms with Gasteiger partial charge in [0.25, 0.3) is 0 Å². The molecule has 0 aromatic heterocycles. The quantitative estimate of drug-likeness (QED) is 0.317. The third-order valence-corrected chi connectivity index (χ3v) is 19.8. The molecule has 0 unspecified atom stereocenters. The summed E-state index contributed by atoms with van der Waals surface area (Å²) in [6, 6.07) is 5.44. The maximum absolute atomic E-state index is 6.68. The second-order valence-corrected chi connectivity index (χ2v) is 19.2. The van der Waals surface area contributed by atoms with Gasteiger partial charge < -0.3 is 12.3 Å². The summed E-state index contributed by atoms with van der Waals surface area (Å²) < 4.78 is 19.2. The monoisotopic (exact) mass is 404 g/mol. The van der Waals surface area contributed by atoms with E-state index in [1.54, 1.807) is 0 Å². The minimum absolute atomic E-state index is 0.886. The number of halogens is 2. The summed E-state index contributed by atoms with van der Waals surface area (Å²) in [5.41, 5.74) is 0. The van der Waals surface area contributed by atoms with Crippen molar-refractivity contribution in [2.75, 3.05) is 0 Å². The van der Waals surface area contributed by atoms with E-state index < -0.39 is 33.8 Å². The molecule has 0 aliphatic heterocycles. The molecule has 0 amide bonds. The number of hydrogen-bond acceptors (Lipinski definition) is 3. The number of rotatable bonds is 12. The van der Waals surface area contributed by atoms with E-state index in [9.17, 15) is 0 Å². The summed E-state index contributed by atoms with van der Waals surface area (Å²) in [5.74, 6) is 0. The Morgan fingerprint density at radius 3 is 1.14 bits per heavy atom. The van der Waals surface area contributed by atoms with Crippen LogP contribution in [0.4, 0.5) is 0 Å². The minimum atomic E-state index is -2.28. The van der Waals surface area contributed by atoms with Gasteiger partial charge in [-0.05, 0) is 36.3 Å². The molecule has 21 heavy (non-hydrogen) atoms. The third-order valence-electron chi connectivity index (χ3n) is 3.68. The topological polar surface area (TPSA) is 27.7 Å². The van der Waals surface area contributed by atoms with Gasteiger partial charge in [0, 0.05) is 0 Å². The molecule has 0 atom stereocenters. The molecule has 0 saturated carbocycles. The van der Waals surface area contributed by atoms with Crippen LogP contribution in [-0.4, -0.2) is 33.8 Å². The molecule has 0 heterocycles. The Kier molecular flexibility index (Phi) is 11.7. The van der Waals surface area contributed by atoms with Crippen LogP contribution < -0.4 is 0 Å². The van der Waals surface area contributed by atoms with Crippen molar-refractivity contribution < 1.29 is 12.3 Å². The molecule has 3 nitrogen and oxygen atoms in total. The van der Waals surface area contributed by atoms with Crippen molar-refractivity contribution in [2.45, 2.75) is 77.8 Å². The van der Waals surface area contributed by atoms with E-state index in [-0.39, 0.29) is 0 Å². The first-order valence-corrected chi connectivity index (χ1v) is 17.7. The van der Waals surface area contributed by atoms with Gasteiger partial charge >= 0.3 is 33.8 Å². The van der Waals surface area contributed by atoms with E-state index in [1.807, 2.05) is 0 Å². The highest BCUT2D eigenvalue weighted by atomic mass is 35.6. The highest BCUT2D eigenvalue weighted by Crippen LogP contribution is 2.31. The Bertz CT molecular complexity index is 253. The summed E-state index contributed by atoms with van der Waals surface area (Å²) in [6.45, 7) is 12.7. The average molecular weight is 406 g/mol. The highest BCUT2D eigenvalue weighted by molar-refractivity contribution is 7.08. The second-order valence-electron chi connectivity index (χ2n) is 4.96. The van der Waals surface area contributed by atoms with Gasteiger partial charge in [-0.1, -0.05) is 41.5 Å². The van der Waals surface area contributed by atoms with Crippen LogP contribution >= 0.6 is 22.2 Å². The lowest BCUT2D eigenvalue weighted by molar-refractivity contribution is 0.318. The normalized spacial score (nSPS) is 13.4. The smallest absolute Gasteiger partial charge is 0.319 e. The van der Waals surface area contributed by atoms with Gasteiger partial charge in [0.1, 0.15) is 0 Å². The summed E-state index contributed by atoms with van der Waals surface area (Å²) in [5, 5.41) is 0. The van der Waals surface area contributed by atoms with Crippen LogP contribution in [0, 0.1) is 0 Å². The van der Waals surface area contributed by atoms with Crippen LogP contribution in [0.1, 0.15) is 41.5 Å². The zero-order chi connectivity index (χ0) is 16.5. The molecule has 0 aliphatic rings. The Morgan fingerprint density at radius 2 is 0.952 bits per heavy atom. The molecule has 2 radical (unpaired) electrons. The van der Waals surface area contributed by atoms with E-state index in [1.165, 1.54) is 0 Å². The Labute approximate surface area is 146 Å².